The molecule has 6 heteroatoms. The van der Waals surface area contributed by atoms with Crippen molar-refractivity contribution in [2.75, 3.05) is 5.32 Å². The van der Waals surface area contributed by atoms with Gasteiger partial charge >= 0.3 is 0 Å². The summed E-state index contributed by atoms with van der Waals surface area (Å²) in [5.41, 5.74) is 1.80. The van der Waals surface area contributed by atoms with Gasteiger partial charge in [-0.25, -0.2) is 0 Å². The predicted molar refractivity (Wildman–Crippen MR) is 85.9 cm³/mol. The van der Waals surface area contributed by atoms with E-state index in [0.29, 0.717) is 19.8 Å². The SMILES string of the molecule is CC1(C)C(=O)Nc2ccc(C(=O)c3cc(Cl)sc3Cl)cc21. The van der Waals surface area contributed by atoms with Gasteiger partial charge in [0.05, 0.1) is 15.3 Å². The molecular formula is C15H11Cl2NO2S. The highest BCUT2D eigenvalue weighted by Gasteiger charge is 2.38. The Morgan fingerprint density at radius 1 is 1.24 bits per heavy atom. The van der Waals surface area contributed by atoms with Crippen molar-refractivity contribution in [3.63, 3.8) is 0 Å². The van der Waals surface area contributed by atoms with Crippen LogP contribution in [0.5, 0.6) is 0 Å². The van der Waals surface area contributed by atoms with E-state index in [1.807, 2.05) is 13.8 Å². The Bertz CT molecular complexity index is 780. The van der Waals surface area contributed by atoms with Crippen molar-refractivity contribution < 1.29 is 9.59 Å². The van der Waals surface area contributed by atoms with E-state index in [9.17, 15) is 9.59 Å². The Hall–Kier alpha value is -1.36. The van der Waals surface area contributed by atoms with Gasteiger partial charge in [-0.1, -0.05) is 23.2 Å². The van der Waals surface area contributed by atoms with Gasteiger partial charge in [0, 0.05) is 11.3 Å². The molecule has 0 unspecified atom stereocenters. The molecule has 21 heavy (non-hydrogen) atoms. The molecule has 0 saturated carbocycles. The summed E-state index contributed by atoms with van der Waals surface area (Å²) in [6.45, 7) is 3.66. The number of carbonyl (C=O) groups is 2. The van der Waals surface area contributed by atoms with Gasteiger partial charge < -0.3 is 5.32 Å². The van der Waals surface area contributed by atoms with Gasteiger partial charge in [0.1, 0.15) is 4.34 Å². The van der Waals surface area contributed by atoms with Gasteiger partial charge in [0.25, 0.3) is 0 Å². The van der Waals surface area contributed by atoms with Gasteiger partial charge in [0.15, 0.2) is 5.78 Å². The lowest BCUT2D eigenvalue weighted by Crippen LogP contribution is -2.27. The van der Waals surface area contributed by atoms with Gasteiger partial charge in [-0.2, -0.15) is 0 Å². The van der Waals surface area contributed by atoms with Crippen LogP contribution in [0.15, 0.2) is 24.3 Å². The largest absolute Gasteiger partial charge is 0.325 e. The minimum Gasteiger partial charge on any atom is -0.325 e. The number of hydrogen-bond acceptors (Lipinski definition) is 3. The highest BCUT2D eigenvalue weighted by Crippen LogP contribution is 2.39. The number of hydrogen-bond donors (Lipinski definition) is 1. The topological polar surface area (TPSA) is 46.2 Å². The lowest BCUT2D eigenvalue weighted by atomic mass is 9.85. The third-order valence-corrected chi connectivity index (χ3v) is 5.16. The molecule has 1 amide bonds. The molecule has 0 saturated heterocycles. The van der Waals surface area contributed by atoms with Crippen LogP contribution < -0.4 is 5.32 Å². The van der Waals surface area contributed by atoms with E-state index in [1.165, 1.54) is 0 Å². The minimum atomic E-state index is -0.651. The van der Waals surface area contributed by atoms with E-state index in [-0.39, 0.29) is 11.7 Å². The first-order chi connectivity index (χ1) is 9.80. The summed E-state index contributed by atoms with van der Waals surface area (Å²) >= 11 is 13.1. The van der Waals surface area contributed by atoms with Crippen LogP contribution in [0.25, 0.3) is 0 Å². The van der Waals surface area contributed by atoms with Gasteiger partial charge in [0.2, 0.25) is 5.91 Å². The summed E-state index contributed by atoms with van der Waals surface area (Å²) in [4.78, 5) is 24.5. The van der Waals surface area contributed by atoms with E-state index in [0.717, 1.165) is 22.6 Å². The van der Waals surface area contributed by atoms with E-state index in [4.69, 9.17) is 23.2 Å². The zero-order valence-electron chi connectivity index (χ0n) is 11.3. The van der Waals surface area contributed by atoms with Gasteiger partial charge in [-0.05, 0) is 43.7 Å². The maximum atomic E-state index is 12.5. The second-order valence-corrected chi connectivity index (χ2v) is 7.69. The summed E-state index contributed by atoms with van der Waals surface area (Å²) in [6.07, 6.45) is 0. The smallest absolute Gasteiger partial charge is 0.234 e. The van der Waals surface area contributed by atoms with E-state index in [2.05, 4.69) is 5.32 Å². The molecule has 1 aromatic carbocycles. The number of nitrogens with one attached hydrogen (secondary N) is 1. The Morgan fingerprint density at radius 2 is 1.95 bits per heavy atom. The van der Waals surface area contributed by atoms with Crippen LogP contribution in [-0.2, 0) is 10.2 Å². The lowest BCUT2D eigenvalue weighted by molar-refractivity contribution is -0.119. The minimum absolute atomic E-state index is 0.0706. The first-order valence-electron chi connectivity index (χ1n) is 6.26. The average Bonchev–Trinajstić information content (AvgIpc) is 2.87. The zero-order valence-corrected chi connectivity index (χ0v) is 13.6. The Balaban J connectivity index is 2.06. The van der Waals surface area contributed by atoms with Crippen molar-refractivity contribution in [1.29, 1.82) is 0 Å². The summed E-state index contributed by atoms with van der Waals surface area (Å²) in [7, 11) is 0. The third kappa shape index (κ3) is 2.27. The highest BCUT2D eigenvalue weighted by molar-refractivity contribution is 7.20. The summed E-state index contributed by atoms with van der Waals surface area (Å²) in [6, 6.07) is 6.75. The number of anilines is 1. The first kappa shape index (κ1) is 14.6. The summed E-state index contributed by atoms with van der Waals surface area (Å²) < 4.78 is 0.848. The van der Waals surface area contributed by atoms with Crippen LogP contribution in [-0.4, -0.2) is 11.7 Å². The number of carbonyl (C=O) groups excluding carboxylic acids is 2. The Morgan fingerprint density at radius 3 is 2.57 bits per heavy atom. The molecule has 108 valence electrons. The fraction of sp³-hybridized carbons (Fsp3) is 0.200. The molecule has 0 fully saturated rings. The number of ketones is 1. The lowest BCUT2D eigenvalue weighted by Gasteiger charge is -2.15. The van der Waals surface area contributed by atoms with Crippen molar-refractivity contribution in [1.82, 2.24) is 0 Å². The number of rotatable bonds is 2. The number of benzene rings is 1. The van der Waals surface area contributed by atoms with Gasteiger partial charge in [-0.3, -0.25) is 9.59 Å². The third-order valence-electron chi connectivity index (χ3n) is 3.67. The van der Waals surface area contributed by atoms with Crippen LogP contribution in [0.1, 0.15) is 35.3 Å². The molecule has 3 rings (SSSR count). The molecule has 0 aliphatic carbocycles. The Kier molecular flexibility index (Phi) is 3.35. The molecule has 1 aromatic heterocycles. The molecule has 2 aromatic rings. The molecule has 0 atom stereocenters. The number of amides is 1. The fourth-order valence-corrected chi connectivity index (χ4v) is 3.82. The van der Waals surface area contributed by atoms with Crippen molar-refractivity contribution in [2.45, 2.75) is 19.3 Å². The maximum absolute atomic E-state index is 12.5. The summed E-state index contributed by atoms with van der Waals surface area (Å²) in [5.74, 6) is -0.264. The van der Waals surface area contributed by atoms with Crippen LogP contribution in [0.3, 0.4) is 0 Å². The van der Waals surface area contributed by atoms with Crippen molar-refractivity contribution in [2.24, 2.45) is 0 Å². The Labute approximate surface area is 135 Å². The normalized spacial score (nSPS) is 15.7. The van der Waals surface area contributed by atoms with E-state index in [1.54, 1.807) is 24.3 Å². The van der Waals surface area contributed by atoms with Gasteiger partial charge in [-0.15, -0.1) is 11.3 Å². The number of fused-ring (bicyclic) bond motifs is 1. The molecule has 0 bridgehead atoms. The van der Waals surface area contributed by atoms with Crippen molar-refractivity contribution in [3.05, 3.63) is 49.6 Å². The molecule has 3 nitrogen and oxygen atoms in total. The molecule has 0 radical (unpaired) electrons. The second kappa shape index (κ2) is 4.83. The van der Waals surface area contributed by atoms with Crippen LogP contribution >= 0.6 is 34.5 Å². The molecular weight excluding hydrogens is 329 g/mol. The quantitative estimate of drug-likeness (QED) is 0.818. The molecule has 1 aliphatic rings. The second-order valence-electron chi connectivity index (χ2n) is 5.41. The van der Waals surface area contributed by atoms with E-state index >= 15 is 0 Å². The fourth-order valence-electron chi connectivity index (χ4n) is 2.36. The number of halogens is 2. The monoisotopic (exact) mass is 339 g/mol. The van der Waals surface area contributed by atoms with E-state index < -0.39 is 5.41 Å². The van der Waals surface area contributed by atoms with Crippen LogP contribution in [0.4, 0.5) is 5.69 Å². The molecule has 1 N–H and O–H groups in total. The average molecular weight is 340 g/mol. The summed E-state index contributed by atoms with van der Waals surface area (Å²) in [5, 5.41) is 2.81. The molecule has 1 aliphatic heterocycles. The van der Waals surface area contributed by atoms with Crippen molar-refractivity contribution in [3.8, 4) is 0 Å². The zero-order chi connectivity index (χ0) is 15.4. The highest BCUT2D eigenvalue weighted by atomic mass is 35.5. The predicted octanol–water partition coefficient (Wildman–Crippen LogP) is 4.52. The number of thiophene rings is 1. The molecule has 0 spiro atoms. The maximum Gasteiger partial charge on any atom is 0.234 e. The van der Waals surface area contributed by atoms with Crippen molar-refractivity contribution >= 4 is 51.9 Å². The standard InChI is InChI=1S/C15H11Cl2NO2S/c1-15(2)9-5-7(3-4-10(9)18-14(15)20)12(19)8-6-11(16)21-13(8)17/h3-6H,1-2H3,(H,18,20). The van der Waals surface area contributed by atoms with Crippen LogP contribution in [0, 0.1) is 0 Å². The first-order valence-corrected chi connectivity index (χ1v) is 7.83. The molecule has 2 heterocycles. The van der Waals surface area contributed by atoms with Crippen LogP contribution in [0.2, 0.25) is 8.67 Å².